The molecular weight excluding hydrogens is 310 g/mol. The van der Waals surface area contributed by atoms with Crippen LogP contribution in [0, 0.1) is 10.1 Å². The largest absolute Gasteiger partial charge is 0.444 e. The van der Waals surface area contributed by atoms with E-state index in [2.05, 4.69) is 4.90 Å². The molecule has 1 aromatic carbocycles. The number of nitrogens with zero attached hydrogens (tertiary/aromatic N) is 3. The summed E-state index contributed by atoms with van der Waals surface area (Å²) in [6.45, 7) is 9.26. The fourth-order valence-corrected chi connectivity index (χ4v) is 2.59. The molecule has 7 nitrogen and oxygen atoms in total. The minimum Gasteiger partial charge on any atom is -0.444 e. The van der Waals surface area contributed by atoms with Gasteiger partial charge in [-0.25, -0.2) is 4.79 Å². The van der Waals surface area contributed by atoms with Crippen LogP contribution < -0.4 is 0 Å². The van der Waals surface area contributed by atoms with Gasteiger partial charge < -0.3 is 9.64 Å². The first-order valence-electron chi connectivity index (χ1n) is 8.18. The summed E-state index contributed by atoms with van der Waals surface area (Å²) in [5.74, 6) is 0. The third-order valence-electron chi connectivity index (χ3n) is 3.86. The van der Waals surface area contributed by atoms with Gasteiger partial charge in [-0.1, -0.05) is 12.1 Å². The highest BCUT2D eigenvalue weighted by molar-refractivity contribution is 5.68. The van der Waals surface area contributed by atoms with Crippen molar-refractivity contribution in [3.05, 3.63) is 39.9 Å². The van der Waals surface area contributed by atoms with Crippen LogP contribution in [0.5, 0.6) is 0 Å². The van der Waals surface area contributed by atoms with Crippen molar-refractivity contribution in [2.24, 2.45) is 0 Å². The lowest BCUT2D eigenvalue weighted by Crippen LogP contribution is -2.50. The first kappa shape index (κ1) is 18.2. The Morgan fingerprint density at radius 3 is 2.50 bits per heavy atom. The van der Waals surface area contributed by atoms with Crippen LogP contribution >= 0.6 is 0 Å². The van der Waals surface area contributed by atoms with Gasteiger partial charge in [0.15, 0.2) is 0 Å². The van der Waals surface area contributed by atoms with Gasteiger partial charge >= 0.3 is 6.09 Å². The fourth-order valence-electron chi connectivity index (χ4n) is 2.59. The first-order chi connectivity index (χ1) is 11.2. The number of rotatable bonds is 4. The molecule has 7 heteroatoms. The molecule has 1 aromatic rings. The van der Waals surface area contributed by atoms with Crippen LogP contribution in [-0.2, 0) is 11.2 Å². The summed E-state index contributed by atoms with van der Waals surface area (Å²) < 4.78 is 5.38. The van der Waals surface area contributed by atoms with Gasteiger partial charge in [-0.05, 0) is 32.8 Å². The second kappa shape index (κ2) is 7.61. The maximum atomic E-state index is 12.0. The fraction of sp³-hybridized carbons (Fsp3) is 0.588. The van der Waals surface area contributed by atoms with E-state index in [1.807, 2.05) is 26.8 Å². The molecule has 0 saturated carbocycles. The Labute approximate surface area is 142 Å². The predicted molar refractivity (Wildman–Crippen MR) is 91.0 cm³/mol. The number of piperazine rings is 1. The van der Waals surface area contributed by atoms with Crippen molar-refractivity contribution in [1.29, 1.82) is 0 Å². The van der Waals surface area contributed by atoms with E-state index in [-0.39, 0.29) is 16.7 Å². The standard InChI is InChI=1S/C17H25N3O4/c1-17(2,3)24-16(21)19-11-9-18(10-12-19)8-7-14-5-4-6-15(13-14)20(22)23/h4-6,13H,7-12H2,1-3H3. The zero-order valence-electron chi connectivity index (χ0n) is 14.5. The van der Waals surface area contributed by atoms with Gasteiger partial charge in [0.1, 0.15) is 5.60 Å². The highest BCUT2D eigenvalue weighted by Gasteiger charge is 2.25. The Balaban J connectivity index is 1.78. The molecule has 0 unspecified atom stereocenters. The van der Waals surface area contributed by atoms with E-state index in [1.54, 1.807) is 17.0 Å². The SMILES string of the molecule is CC(C)(C)OC(=O)N1CCN(CCc2cccc([N+](=O)[O-])c2)CC1. The number of carbonyl (C=O) groups excluding carboxylic acids is 1. The summed E-state index contributed by atoms with van der Waals surface area (Å²) >= 11 is 0. The minimum atomic E-state index is -0.476. The second-order valence-corrected chi connectivity index (χ2v) is 6.99. The van der Waals surface area contributed by atoms with Crippen LogP contribution in [0.1, 0.15) is 26.3 Å². The van der Waals surface area contributed by atoms with Crippen molar-refractivity contribution in [3.63, 3.8) is 0 Å². The molecule has 1 amide bonds. The Kier molecular flexibility index (Phi) is 5.77. The molecule has 132 valence electrons. The Morgan fingerprint density at radius 2 is 1.92 bits per heavy atom. The molecule has 0 radical (unpaired) electrons. The molecule has 1 aliphatic heterocycles. The molecule has 0 atom stereocenters. The molecule has 1 fully saturated rings. The number of non-ortho nitro benzene ring substituents is 1. The lowest BCUT2D eigenvalue weighted by atomic mass is 10.1. The second-order valence-electron chi connectivity index (χ2n) is 6.99. The highest BCUT2D eigenvalue weighted by Crippen LogP contribution is 2.15. The third-order valence-corrected chi connectivity index (χ3v) is 3.86. The van der Waals surface area contributed by atoms with Gasteiger partial charge in [0.25, 0.3) is 5.69 Å². The minimum absolute atomic E-state index is 0.127. The molecule has 0 spiro atoms. The van der Waals surface area contributed by atoms with Crippen LogP contribution in [0.15, 0.2) is 24.3 Å². The number of carbonyl (C=O) groups is 1. The van der Waals surface area contributed by atoms with Gasteiger partial charge in [0.2, 0.25) is 0 Å². The number of amides is 1. The first-order valence-corrected chi connectivity index (χ1v) is 8.18. The topological polar surface area (TPSA) is 75.9 Å². The van der Waals surface area contributed by atoms with Crippen molar-refractivity contribution in [1.82, 2.24) is 9.80 Å². The van der Waals surface area contributed by atoms with Crippen molar-refractivity contribution in [2.75, 3.05) is 32.7 Å². The monoisotopic (exact) mass is 335 g/mol. The molecule has 0 aromatic heterocycles. The van der Waals surface area contributed by atoms with Gasteiger partial charge in [-0.15, -0.1) is 0 Å². The molecule has 1 heterocycles. The van der Waals surface area contributed by atoms with Crippen molar-refractivity contribution in [3.8, 4) is 0 Å². The number of nitro groups is 1. The molecule has 1 saturated heterocycles. The van der Waals surface area contributed by atoms with E-state index in [0.717, 1.165) is 31.6 Å². The molecule has 0 aliphatic carbocycles. The van der Waals surface area contributed by atoms with E-state index in [4.69, 9.17) is 4.74 Å². The number of hydrogen-bond donors (Lipinski definition) is 0. The molecule has 0 N–H and O–H groups in total. The zero-order valence-corrected chi connectivity index (χ0v) is 14.5. The Morgan fingerprint density at radius 1 is 1.25 bits per heavy atom. The predicted octanol–water partition coefficient (Wildman–Crippen LogP) is 2.69. The average molecular weight is 335 g/mol. The van der Waals surface area contributed by atoms with Gasteiger partial charge in [-0.3, -0.25) is 15.0 Å². The van der Waals surface area contributed by atoms with E-state index in [9.17, 15) is 14.9 Å². The summed E-state index contributed by atoms with van der Waals surface area (Å²) in [5.41, 5.74) is 0.608. The highest BCUT2D eigenvalue weighted by atomic mass is 16.6. The molecule has 1 aliphatic rings. The summed E-state index contributed by atoms with van der Waals surface area (Å²) in [5, 5.41) is 10.8. The summed E-state index contributed by atoms with van der Waals surface area (Å²) in [6.07, 6.45) is 0.495. The Hall–Kier alpha value is -2.15. The average Bonchev–Trinajstić information content (AvgIpc) is 2.52. The smallest absolute Gasteiger partial charge is 0.410 e. The van der Waals surface area contributed by atoms with E-state index in [0.29, 0.717) is 13.1 Å². The van der Waals surface area contributed by atoms with E-state index < -0.39 is 5.60 Å². The van der Waals surface area contributed by atoms with Gasteiger partial charge in [0, 0.05) is 44.9 Å². The third kappa shape index (κ3) is 5.49. The van der Waals surface area contributed by atoms with Crippen LogP contribution in [0.3, 0.4) is 0 Å². The van der Waals surface area contributed by atoms with E-state index >= 15 is 0 Å². The summed E-state index contributed by atoms with van der Waals surface area (Å²) in [7, 11) is 0. The van der Waals surface area contributed by atoms with Crippen LogP contribution in [0.25, 0.3) is 0 Å². The van der Waals surface area contributed by atoms with Crippen molar-refractivity contribution in [2.45, 2.75) is 32.8 Å². The molecule has 2 rings (SSSR count). The Bertz CT molecular complexity index is 590. The van der Waals surface area contributed by atoms with Crippen LogP contribution in [0.4, 0.5) is 10.5 Å². The van der Waals surface area contributed by atoms with Gasteiger partial charge in [-0.2, -0.15) is 0 Å². The number of nitro benzene ring substituents is 1. The summed E-state index contributed by atoms with van der Waals surface area (Å²) in [6, 6.07) is 6.75. The normalized spacial score (nSPS) is 16.0. The van der Waals surface area contributed by atoms with Crippen molar-refractivity contribution >= 4 is 11.8 Å². The number of hydrogen-bond acceptors (Lipinski definition) is 5. The lowest BCUT2D eigenvalue weighted by Gasteiger charge is -2.35. The summed E-state index contributed by atoms with van der Waals surface area (Å²) in [4.78, 5) is 26.4. The quantitative estimate of drug-likeness (QED) is 0.624. The number of benzene rings is 1. The molecule has 24 heavy (non-hydrogen) atoms. The van der Waals surface area contributed by atoms with Gasteiger partial charge in [0.05, 0.1) is 4.92 Å². The van der Waals surface area contributed by atoms with E-state index in [1.165, 1.54) is 6.07 Å². The number of ether oxygens (including phenoxy) is 1. The molecular formula is C17H25N3O4. The van der Waals surface area contributed by atoms with Crippen LogP contribution in [-0.4, -0.2) is 59.1 Å². The maximum absolute atomic E-state index is 12.0. The van der Waals surface area contributed by atoms with Crippen LogP contribution in [0.2, 0.25) is 0 Å². The van der Waals surface area contributed by atoms with Crippen molar-refractivity contribution < 1.29 is 14.5 Å². The zero-order chi connectivity index (χ0) is 17.7. The molecule has 0 bridgehead atoms. The maximum Gasteiger partial charge on any atom is 0.410 e. The lowest BCUT2D eigenvalue weighted by molar-refractivity contribution is -0.384.